The van der Waals surface area contributed by atoms with Gasteiger partial charge in [0.05, 0.1) is 13.0 Å². The van der Waals surface area contributed by atoms with Crippen molar-refractivity contribution in [3.05, 3.63) is 12.2 Å². The topological polar surface area (TPSA) is 29.5 Å². The van der Waals surface area contributed by atoms with Crippen molar-refractivity contribution in [2.24, 2.45) is 23.7 Å². The molecule has 0 radical (unpaired) electrons. The molecule has 3 rings (SSSR count). The second-order valence-corrected chi connectivity index (χ2v) is 7.61. The van der Waals surface area contributed by atoms with Crippen LogP contribution in [0.5, 0.6) is 0 Å². The van der Waals surface area contributed by atoms with Crippen LogP contribution in [0, 0.1) is 23.7 Å². The lowest BCUT2D eigenvalue weighted by Gasteiger charge is -2.46. The smallest absolute Gasteiger partial charge is 0.310 e. The first-order chi connectivity index (χ1) is 10.7. The number of carbonyl (C=O) groups is 1. The Labute approximate surface area is 135 Å². The summed E-state index contributed by atoms with van der Waals surface area (Å²) in [6.45, 7) is 2.12. The van der Waals surface area contributed by atoms with Gasteiger partial charge in [-0.25, -0.2) is 0 Å². The van der Waals surface area contributed by atoms with Crippen LogP contribution in [0.3, 0.4) is 0 Å². The van der Waals surface area contributed by atoms with Gasteiger partial charge in [-0.05, 0) is 76.7 Å². The number of esters is 1. The summed E-state index contributed by atoms with van der Waals surface area (Å²) < 4.78 is 5.19. The Morgan fingerprint density at radius 1 is 1.14 bits per heavy atom. The molecule has 4 atom stereocenters. The van der Waals surface area contributed by atoms with Gasteiger partial charge in [-0.15, -0.1) is 0 Å². The van der Waals surface area contributed by atoms with E-state index in [9.17, 15) is 4.79 Å². The van der Waals surface area contributed by atoms with Gasteiger partial charge >= 0.3 is 5.97 Å². The minimum atomic E-state index is 0.0396. The second-order valence-electron chi connectivity index (χ2n) is 7.61. The van der Waals surface area contributed by atoms with Crippen molar-refractivity contribution in [2.75, 3.05) is 14.2 Å². The van der Waals surface area contributed by atoms with Crippen molar-refractivity contribution >= 4 is 5.97 Å². The highest BCUT2D eigenvalue weighted by atomic mass is 16.5. The minimum Gasteiger partial charge on any atom is -0.469 e. The highest BCUT2D eigenvalue weighted by Gasteiger charge is 2.51. The van der Waals surface area contributed by atoms with E-state index in [-0.39, 0.29) is 11.9 Å². The molecule has 3 heteroatoms. The van der Waals surface area contributed by atoms with Crippen molar-refractivity contribution in [3.8, 4) is 0 Å². The summed E-state index contributed by atoms with van der Waals surface area (Å²) in [6, 6.07) is 1.12. The monoisotopic (exact) mass is 305 g/mol. The molecular formula is C19H31NO2. The standard InChI is InChI=1S/C19H31NO2/c1-4-5-13-6-8-14(9-7-13)16-12-15-10-11-17(20(15)2)18(16)19(21)22-3/h4-5,13-18H,6-12H2,1-3H3/b5-4-. The second kappa shape index (κ2) is 6.74. The summed E-state index contributed by atoms with van der Waals surface area (Å²) in [5.74, 6) is 2.19. The van der Waals surface area contributed by atoms with Crippen molar-refractivity contribution in [1.82, 2.24) is 4.90 Å². The average Bonchev–Trinajstić information content (AvgIpc) is 2.77. The summed E-state index contributed by atoms with van der Waals surface area (Å²) in [4.78, 5) is 14.9. The zero-order valence-corrected chi connectivity index (χ0v) is 14.3. The zero-order valence-electron chi connectivity index (χ0n) is 14.3. The molecule has 0 aromatic carbocycles. The van der Waals surface area contributed by atoms with E-state index in [2.05, 4.69) is 31.0 Å². The summed E-state index contributed by atoms with van der Waals surface area (Å²) in [6.07, 6.45) is 13.4. The highest BCUT2D eigenvalue weighted by Crippen LogP contribution is 2.48. The van der Waals surface area contributed by atoms with E-state index in [0.29, 0.717) is 18.0 Å². The van der Waals surface area contributed by atoms with E-state index in [1.165, 1.54) is 44.9 Å². The van der Waals surface area contributed by atoms with Gasteiger partial charge in [-0.2, -0.15) is 0 Å². The molecule has 3 nitrogen and oxygen atoms in total. The fraction of sp³-hybridized carbons (Fsp3) is 0.842. The van der Waals surface area contributed by atoms with Crippen LogP contribution in [-0.4, -0.2) is 37.1 Å². The SMILES string of the molecule is C/C=C\C1CCC(C2CC3CCC(C2C(=O)OC)N3C)CC1. The zero-order chi connectivity index (χ0) is 15.7. The third-order valence-electron chi connectivity index (χ3n) is 6.67. The fourth-order valence-corrected chi connectivity index (χ4v) is 5.50. The predicted molar refractivity (Wildman–Crippen MR) is 88.4 cm³/mol. The van der Waals surface area contributed by atoms with Crippen LogP contribution in [0.25, 0.3) is 0 Å². The summed E-state index contributed by atoms with van der Waals surface area (Å²) in [5.41, 5.74) is 0. The molecule has 2 saturated heterocycles. The Morgan fingerprint density at radius 3 is 2.50 bits per heavy atom. The van der Waals surface area contributed by atoms with E-state index < -0.39 is 0 Å². The summed E-state index contributed by atoms with van der Waals surface area (Å²) in [5, 5.41) is 0. The van der Waals surface area contributed by atoms with Crippen LogP contribution in [0.1, 0.15) is 51.9 Å². The van der Waals surface area contributed by atoms with Crippen LogP contribution in [0.2, 0.25) is 0 Å². The third kappa shape index (κ3) is 2.84. The Bertz CT molecular complexity index is 425. The number of piperidine rings is 1. The normalized spacial score (nSPS) is 42.7. The lowest BCUT2D eigenvalue weighted by Crippen LogP contribution is -2.52. The molecule has 124 valence electrons. The molecule has 0 amide bonds. The van der Waals surface area contributed by atoms with Crippen LogP contribution in [0.15, 0.2) is 12.2 Å². The number of hydrogen-bond donors (Lipinski definition) is 0. The molecule has 0 N–H and O–H groups in total. The van der Waals surface area contributed by atoms with Crippen LogP contribution < -0.4 is 0 Å². The van der Waals surface area contributed by atoms with E-state index in [1.54, 1.807) is 7.11 Å². The molecule has 0 spiro atoms. The number of fused-ring (bicyclic) bond motifs is 2. The van der Waals surface area contributed by atoms with Gasteiger partial charge in [0, 0.05) is 12.1 Å². The van der Waals surface area contributed by atoms with Crippen LogP contribution in [-0.2, 0) is 9.53 Å². The first kappa shape index (κ1) is 16.0. The molecular weight excluding hydrogens is 274 g/mol. The van der Waals surface area contributed by atoms with Gasteiger partial charge < -0.3 is 4.74 Å². The number of hydrogen-bond acceptors (Lipinski definition) is 3. The molecule has 0 aromatic heterocycles. The third-order valence-corrected chi connectivity index (χ3v) is 6.67. The van der Waals surface area contributed by atoms with Crippen molar-refractivity contribution < 1.29 is 9.53 Å². The van der Waals surface area contributed by atoms with Gasteiger partial charge in [0.25, 0.3) is 0 Å². The Balaban J connectivity index is 1.73. The molecule has 0 aromatic rings. The first-order valence-electron chi connectivity index (χ1n) is 9.08. The number of ether oxygens (including phenoxy) is 1. The van der Waals surface area contributed by atoms with Crippen LogP contribution in [0.4, 0.5) is 0 Å². The molecule has 1 aliphatic carbocycles. The number of allylic oxidation sites excluding steroid dienone is 2. The summed E-state index contributed by atoms with van der Waals surface area (Å²) >= 11 is 0. The molecule has 1 saturated carbocycles. The molecule has 22 heavy (non-hydrogen) atoms. The molecule has 4 unspecified atom stereocenters. The van der Waals surface area contributed by atoms with Crippen molar-refractivity contribution in [2.45, 2.75) is 64.0 Å². The van der Waals surface area contributed by atoms with Crippen LogP contribution >= 0.6 is 0 Å². The maximum absolute atomic E-state index is 12.5. The molecule has 2 bridgehead atoms. The van der Waals surface area contributed by atoms with Gasteiger partial charge in [0.1, 0.15) is 0 Å². The maximum Gasteiger partial charge on any atom is 0.310 e. The molecule has 3 fully saturated rings. The van der Waals surface area contributed by atoms with E-state index in [4.69, 9.17) is 4.74 Å². The number of nitrogens with zero attached hydrogens (tertiary/aromatic N) is 1. The Morgan fingerprint density at radius 2 is 1.86 bits per heavy atom. The number of rotatable bonds is 3. The van der Waals surface area contributed by atoms with Crippen molar-refractivity contribution in [1.29, 1.82) is 0 Å². The molecule has 3 aliphatic rings. The van der Waals surface area contributed by atoms with Gasteiger partial charge in [-0.1, -0.05) is 12.2 Å². The largest absolute Gasteiger partial charge is 0.469 e. The Hall–Kier alpha value is -0.830. The quantitative estimate of drug-likeness (QED) is 0.589. The van der Waals surface area contributed by atoms with E-state index in [0.717, 1.165) is 11.8 Å². The van der Waals surface area contributed by atoms with Gasteiger partial charge in [-0.3, -0.25) is 9.69 Å². The summed E-state index contributed by atoms with van der Waals surface area (Å²) in [7, 11) is 3.76. The van der Waals surface area contributed by atoms with Gasteiger partial charge in [0.2, 0.25) is 0 Å². The van der Waals surface area contributed by atoms with Crippen molar-refractivity contribution in [3.63, 3.8) is 0 Å². The fourth-order valence-electron chi connectivity index (χ4n) is 5.50. The minimum absolute atomic E-state index is 0.0396. The highest BCUT2D eigenvalue weighted by molar-refractivity contribution is 5.74. The number of carbonyl (C=O) groups excluding carboxylic acids is 1. The lowest BCUT2D eigenvalue weighted by atomic mass is 9.67. The molecule has 2 aliphatic heterocycles. The predicted octanol–water partition coefficient (Wildman–Crippen LogP) is 3.64. The maximum atomic E-state index is 12.5. The first-order valence-corrected chi connectivity index (χ1v) is 9.08. The number of methoxy groups -OCH3 is 1. The van der Waals surface area contributed by atoms with E-state index >= 15 is 0 Å². The lowest BCUT2D eigenvalue weighted by molar-refractivity contribution is -0.154. The average molecular weight is 305 g/mol. The van der Waals surface area contributed by atoms with Gasteiger partial charge in [0.15, 0.2) is 0 Å². The van der Waals surface area contributed by atoms with E-state index in [1.807, 2.05) is 0 Å². The Kier molecular flexibility index (Phi) is 4.91. The molecule has 2 heterocycles.